The number of H-pyrrole nitrogens is 1. The van der Waals surface area contributed by atoms with Gasteiger partial charge in [0.25, 0.3) is 5.56 Å². The van der Waals surface area contributed by atoms with Crippen LogP contribution in [0.4, 0.5) is 5.69 Å². The molecule has 0 fully saturated rings. The number of aryl methyl sites for hydroxylation is 1. The summed E-state index contributed by atoms with van der Waals surface area (Å²) in [7, 11) is 4.14. The number of nitrogens with one attached hydrogen (secondary N) is 2. The summed E-state index contributed by atoms with van der Waals surface area (Å²) in [4.78, 5) is 19.4. The van der Waals surface area contributed by atoms with Crippen molar-refractivity contribution < 1.29 is 0 Å². The molecule has 0 saturated heterocycles. The quantitative estimate of drug-likeness (QED) is 0.507. The molecular weight excluding hydrogens is 402 g/mol. The Morgan fingerprint density at radius 1 is 1.16 bits per heavy atom. The summed E-state index contributed by atoms with van der Waals surface area (Å²) in [6, 6.07) is 14.5. The van der Waals surface area contributed by atoms with Gasteiger partial charge in [-0.05, 0) is 44.3 Å². The molecule has 4 aromatic rings. The van der Waals surface area contributed by atoms with Crippen LogP contribution in [0.5, 0.6) is 0 Å². The summed E-state index contributed by atoms with van der Waals surface area (Å²) < 4.78 is 1.92. The Morgan fingerprint density at radius 3 is 2.72 bits per heavy atom. The molecule has 1 aliphatic heterocycles. The third-order valence-electron chi connectivity index (χ3n) is 6.18. The first-order valence-corrected chi connectivity index (χ1v) is 10.9. The van der Waals surface area contributed by atoms with Gasteiger partial charge in [0, 0.05) is 36.6 Å². The molecule has 164 valence electrons. The van der Waals surface area contributed by atoms with Crippen molar-refractivity contribution in [3.8, 4) is 0 Å². The first kappa shape index (κ1) is 20.4. The van der Waals surface area contributed by atoms with Gasteiger partial charge in [0.2, 0.25) is 0 Å². The van der Waals surface area contributed by atoms with Gasteiger partial charge >= 0.3 is 0 Å². The SMILES string of the molecule is CCn1ncnc1C1c2n[nH]c(=O)c3cccc(c23)NCC1c1ccc(CN(C)C)cc1. The van der Waals surface area contributed by atoms with Gasteiger partial charge in [-0.3, -0.25) is 4.79 Å². The van der Waals surface area contributed by atoms with E-state index in [1.54, 1.807) is 6.33 Å². The zero-order valence-electron chi connectivity index (χ0n) is 18.5. The molecule has 8 nitrogen and oxygen atoms in total. The summed E-state index contributed by atoms with van der Waals surface area (Å²) in [6.07, 6.45) is 1.60. The van der Waals surface area contributed by atoms with Crippen LogP contribution in [-0.4, -0.2) is 50.5 Å². The molecule has 0 radical (unpaired) electrons. The van der Waals surface area contributed by atoms with Crippen LogP contribution in [0.3, 0.4) is 0 Å². The van der Waals surface area contributed by atoms with E-state index >= 15 is 0 Å². The van der Waals surface area contributed by atoms with Crippen LogP contribution in [0.1, 0.15) is 41.4 Å². The highest BCUT2D eigenvalue weighted by Gasteiger charge is 2.36. The molecule has 5 rings (SSSR count). The summed E-state index contributed by atoms with van der Waals surface area (Å²) in [5, 5.41) is 16.8. The van der Waals surface area contributed by atoms with Gasteiger partial charge in [-0.1, -0.05) is 30.3 Å². The van der Waals surface area contributed by atoms with E-state index in [1.165, 1.54) is 11.1 Å². The fourth-order valence-corrected chi connectivity index (χ4v) is 4.75. The molecule has 1 aliphatic rings. The predicted molar refractivity (Wildman–Crippen MR) is 125 cm³/mol. The molecule has 0 saturated carbocycles. The van der Waals surface area contributed by atoms with E-state index in [2.05, 4.69) is 75.8 Å². The van der Waals surface area contributed by atoms with E-state index in [1.807, 2.05) is 22.9 Å². The van der Waals surface area contributed by atoms with E-state index in [0.717, 1.165) is 29.1 Å². The summed E-state index contributed by atoms with van der Waals surface area (Å²) in [5.41, 5.74) is 4.03. The van der Waals surface area contributed by atoms with Crippen molar-refractivity contribution in [2.24, 2.45) is 0 Å². The Morgan fingerprint density at radius 2 is 1.97 bits per heavy atom. The highest BCUT2D eigenvalue weighted by molar-refractivity contribution is 5.96. The average Bonchev–Trinajstić information content (AvgIpc) is 3.19. The Balaban J connectivity index is 1.70. The van der Waals surface area contributed by atoms with Crippen LogP contribution < -0.4 is 10.9 Å². The number of aromatic nitrogens is 5. The van der Waals surface area contributed by atoms with E-state index in [4.69, 9.17) is 0 Å². The molecule has 0 bridgehead atoms. The summed E-state index contributed by atoms with van der Waals surface area (Å²) in [6.45, 7) is 4.35. The molecule has 2 aromatic heterocycles. The third-order valence-corrected chi connectivity index (χ3v) is 6.18. The Hall–Kier alpha value is -3.52. The molecule has 2 aromatic carbocycles. The van der Waals surface area contributed by atoms with Gasteiger partial charge in [0.1, 0.15) is 12.2 Å². The van der Waals surface area contributed by atoms with Crippen molar-refractivity contribution >= 4 is 16.5 Å². The van der Waals surface area contributed by atoms with Crippen LogP contribution in [0, 0.1) is 0 Å². The number of anilines is 1. The highest BCUT2D eigenvalue weighted by atomic mass is 16.1. The molecule has 2 atom stereocenters. The monoisotopic (exact) mass is 429 g/mol. The van der Waals surface area contributed by atoms with E-state index in [-0.39, 0.29) is 17.4 Å². The molecule has 0 aliphatic carbocycles. The second-order valence-electron chi connectivity index (χ2n) is 8.54. The second-order valence-corrected chi connectivity index (χ2v) is 8.54. The van der Waals surface area contributed by atoms with Gasteiger partial charge in [0.05, 0.1) is 17.0 Å². The van der Waals surface area contributed by atoms with E-state index in [9.17, 15) is 4.79 Å². The maximum atomic E-state index is 12.5. The molecule has 2 unspecified atom stereocenters. The lowest BCUT2D eigenvalue weighted by Gasteiger charge is -2.25. The number of hydrogen-bond acceptors (Lipinski definition) is 6. The summed E-state index contributed by atoms with van der Waals surface area (Å²) in [5.74, 6) is 0.758. The first-order chi connectivity index (χ1) is 15.6. The molecule has 2 N–H and O–H groups in total. The minimum Gasteiger partial charge on any atom is -0.384 e. The molecule has 0 spiro atoms. The van der Waals surface area contributed by atoms with Gasteiger partial charge in [-0.2, -0.15) is 10.2 Å². The van der Waals surface area contributed by atoms with Gasteiger partial charge < -0.3 is 10.2 Å². The van der Waals surface area contributed by atoms with E-state index in [0.29, 0.717) is 18.5 Å². The van der Waals surface area contributed by atoms with Crippen molar-refractivity contribution in [2.75, 3.05) is 26.0 Å². The third kappa shape index (κ3) is 3.46. The number of rotatable bonds is 5. The number of aromatic amines is 1. The zero-order chi connectivity index (χ0) is 22.2. The van der Waals surface area contributed by atoms with Crippen molar-refractivity contribution in [2.45, 2.75) is 31.8 Å². The number of nitrogens with zero attached hydrogens (tertiary/aromatic N) is 5. The average molecular weight is 430 g/mol. The molecule has 0 amide bonds. The van der Waals surface area contributed by atoms with Crippen LogP contribution >= 0.6 is 0 Å². The Kier molecular flexibility index (Phi) is 5.22. The Labute approximate surface area is 186 Å². The lowest BCUT2D eigenvalue weighted by atomic mass is 9.82. The molecule has 8 heteroatoms. The topological polar surface area (TPSA) is 91.7 Å². The van der Waals surface area contributed by atoms with Crippen LogP contribution in [0.2, 0.25) is 0 Å². The van der Waals surface area contributed by atoms with Crippen molar-refractivity contribution in [3.05, 3.63) is 81.8 Å². The number of benzene rings is 2. The smallest absolute Gasteiger partial charge is 0.272 e. The predicted octanol–water partition coefficient (Wildman–Crippen LogP) is 2.94. The summed E-state index contributed by atoms with van der Waals surface area (Å²) >= 11 is 0. The van der Waals surface area contributed by atoms with Crippen molar-refractivity contribution in [1.82, 2.24) is 29.9 Å². The van der Waals surface area contributed by atoms with Gasteiger partial charge in [-0.25, -0.2) is 14.8 Å². The second kappa shape index (κ2) is 8.20. The fourth-order valence-electron chi connectivity index (χ4n) is 4.75. The van der Waals surface area contributed by atoms with Crippen molar-refractivity contribution in [3.63, 3.8) is 0 Å². The first-order valence-electron chi connectivity index (χ1n) is 10.9. The van der Waals surface area contributed by atoms with Gasteiger partial charge in [0.15, 0.2) is 0 Å². The molecular formula is C24H27N7O. The van der Waals surface area contributed by atoms with Crippen molar-refractivity contribution in [1.29, 1.82) is 0 Å². The van der Waals surface area contributed by atoms with Crippen LogP contribution in [0.25, 0.3) is 10.8 Å². The van der Waals surface area contributed by atoms with E-state index < -0.39 is 0 Å². The minimum atomic E-state index is -0.186. The lowest BCUT2D eigenvalue weighted by molar-refractivity contribution is 0.402. The Bertz CT molecular complexity index is 1310. The standard InChI is InChI=1S/C24H27N7O/c1-4-31-23(26-14-27-31)21-18(16-10-8-15(9-11-16)13-30(2)3)12-25-19-7-5-6-17-20(19)22(21)28-29-24(17)32/h5-11,14,18,21,25H,4,12-13H2,1-3H3,(H,29,32). The van der Waals surface area contributed by atoms with Crippen LogP contribution in [0.15, 0.2) is 53.6 Å². The lowest BCUT2D eigenvalue weighted by Crippen LogP contribution is -2.24. The highest BCUT2D eigenvalue weighted by Crippen LogP contribution is 2.43. The van der Waals surface area contributed by atoms with Crippen LogP contribution in [-0.2, 0) is 13.1 Å². The zero-order valence-corrected chi connectivity index (χ0v) is 18.5. The number of hydrogen-bond donors (Lipinski definition) is 2. The normalized spacial score (nSPS) is 18.0. The largest absolute Gasteiger partial charge is 0.384 e. The maximum absolute atomic E-state index is 12.5. The fraction of sp³-hybridized carbons (Fsp3) is 0.333. The van der Waals surface area contributed by atoms with Gasteiger partial charge in [-0.15, -0.1) is 0 Å². The minimum absolute atomic E-state index is 0.0620. The maximum Gasteiger partial charge on any atom is 0.272 e. The molecule has 3 heterocycles. The molecule has 32 heavy (non-hydrogen) atoms.